The lowest BCUT2D eigenvalue weighted by molar-refractivity contribution is 0.0507. The zero-order chi connectivity index (χ0) is 21.6. The van der Waals surface area contributed by atoms with Gasteiger partial charge in [-0.15, -0.1) is 0 Å². The molecule has 1 atom stereocenters. The number of benzene rings is 1. The summed E-state index contributed by atoms with van der Waals surface area (Å²) in [6.07, 6.45) is 0.521. The Morgan fingerprint density at radius 1 is 1.20 bits per heavy atom. The molecule has 2 heterocycles. The molecule has 2 aliphatic rings. The molecule has 2 N–H and O–H groups in total. The van der Waals surface area contributed by atoms with Gasteiger partial charge in [-0.05, 0) is 44.9 Å². The maximum Gasteiger partial charge on any atom is 0.407 e. The van der Waals surface area contributed by atoms with Crippen LogP contribution in [0.1, 0.15) is 32.8 Å². The Morgan fingerprint density at radius 3 is 2.53 bits per heavy atom. The summed E-state index contributed by atoms with van der Waals surface area (Å²) in [6.45, 7) is 10.2. The molecule has 0 saturated carbocycles. The van der Waals surface area contributed by atoms with Crippen molar-refractivity contribution in [2.75, 3.05) is 49.6 Å². The van der Waals surface area contributed by atoms with E-state index >= 15 is 0 Å². The molecule has 0 aromatic heterocycles. The van der Waals surface area contributed by atoms with Gasteiger partial charge in [0, 0.05) is 57.0 Å². The van der Waals surface area contributed by atoms with E-state index in [1.807, 2.05) is 32.5 Å². The summed E-state index contributed by atoms with van der Waals surface area (Å²) in [5.41, 5.74) is 2.05. The summed E-state index contributed by atoms with van der Waals surface area (Å²) < 4.78 is 5.36. The Kier molecular flexibility index (Phi) is 7.75. The van der Waals surface area contributed by atoms with Gasteiger partial charge in [0.05, 0.1) is 6.04 Å². The monoisotopic (exact) mass is 433 g/mol. The Morgan fingerprint density at radius 2 is 1.90 bits per heavy atom. The number of thioether (sulfide) groups is 1. The average molecular weight is 434 g/mol. The highest BCUT2D eigenvalue weighted by atomic mass is 32.2. The number of nitrogens with zero attached hydrogens (tertiary/aromatic N) is 3. The normalized spacial score (nSPS) is 20.3. The van der Waals surface area contributed by atoms with E-state index in [1.54, 1.807) is 7.05 Å². The van der Waals surface area contributed by atoms with Crippen LogP contribution in [0.2, 0.25) is 0 Å². The highest BCUT2D eigenvalue weighted by Gasteiger charge is 2.27. The molecule has 3 rings (SSSR count). The molecule has 0 aliphatic carbocycles. The zero-order valence-electron chi connectivity index (χ0n) is 18.6. The minimum Gasteiger partial charge on any atom is -0.444 e. The van der Waals surface area contributed by atoms with Crippen molar-refractivity contribution in [1.29, 1.82) is 0 Å². The summed E-state index contributed by atoms with van der Waals surface area (Å²) >= 11 is 2.03. The van der Waals surface area contributed by atoms with Gasteiger partial charge in [0.15, 0.2) is 5.96 Å². The highest BCUT2D eigenvalue weighted by molar-refractivity contribution is 7.99. The van der Waals surface area contributed by atoms with Gasteiger partial charge in [0.1, 0.15) is 5.60 Å². The van der Waals surface area contributed by atoms with E-state index < -0.39 is 5.60 Å². The van der Waals surface area contributed by atoms with Crippen LogP contribution in [0, 0.1) is 0 Å². The van der Waals surface area contributed by atoms with Gasteiger partial charge in [0.25, 0.3) is 0 Å². The smallest absolute Gasteiger partial charge is 0.407 e. The molecule has 2 fully saturated rings. The lowest BCUT2D eigenvalue weighted by atomic mass is 10.2. The third-order valence-corrected chi connectivity index (χ3v) is 6.13. The number of anilines is 1. The van der Waals surface area contributed by atoms with Gasteiger partial charge in [-0.2, -0.15) is 11.8 Å². The minimum absolute atomic E-state index is 0.0698. The first-order valence-corrected chi connectivity index (χ1v) is 11.9. The van der Waals surface area contributed by atoms with Crippen LogP contribution >= 0.6 is 11.8 Å². The quantitative estimate of drug-likeness (QED) is 0.562. The number of likely N-dealkylation sites (tertiary alicyclic amines) is 1. The Bertz CT molecular complexity index is 726. The van der Waals surface area contributed by atoms with Gasteiger partial charge in [-0.25, -0.2) is 4.79 Å². The van der Waals surface area contributed by atoms with E-state index in [9.17, 15) is 4.79 Å². The fourth-order valence-electron chi connectivity index (χ4n) is 3.70. The lowest BCUT2D eigenvalue weighted by Gasteiger charge is -2.28. The van der Waals surface area contributed by atoms with Gasteiger partial charge >= 0.3 is 6.09 Å². The molecule has 1 amide bonds. The van der Waals surface area contributed by atoms with Crippen molar-refractivity contribution in [3.05, 3.63) is 29.8 Å². The number of guanidine groups is 1. The number of alkyl carbamates (subject to hydrolysis) is 1. The van der Waals surface area contributed by atoms with Gasteiger partial charge in [-0.1, -0.05) is 12.1 Å². The van der Waals surface area contributed by atoms with E-state index in [-0.39, 0.29) is 12.1 Å². The van der Waals surface area contributed by atoms with Crippen molar-refractivity contribution in [1.82, 2.24) is 15.5 Å². The van der Waals surface area contributed by atoms with Crippen molar-refractivity contribution in [2.24, 2.45) is 4.99 Å². The molecule has 1 aromatic carbocycles. The van der Waals surface area contributed by atoms with Gasteiger partial charge < -0.3 is 25.2 Å². The van der Waals surface area contributed by atoms with Crippen molar-refractivity contribution in [2.45, 2.75) is 45.4 Å². The van der Waals surface area contributed by atoms with E-state index in [0.29, 0.717) is 0 Å². The molecule has 2 saturated heterocycles. The van der Waals surface area contributed by atoms with Crippen LogP contribution in [0.15, 0.2) is 29.3 Å². The maximum atomic E-state index is 12.0. The second-order valence-electron chi connectivity index (χ2n) is 8.74. The van der Waals surface area contributed by atoms with E-state index in [0.717, 1.165) is 45.1 Å². The molecule has 1 unspecified atom stereocenters. The predicted molar refractivity (Wildman–Crippen MR) is 126 cm³/mol. The topological polar surface area (TPSA) is 69.2 Å². The summed E-state index contributed by atoms with van der Waals surface area (Å²) in [7, 11) is 1.80. The number of hydrogen-bond donors (Lipinski definition) is 2. The molecule has 30 heavy (non-hydrogen) atoms. The van der Waals surface area contributed by atoms with Crippen molar-refractivity contribution < 1.29 is 9.53 Å². The largest absolute Gasteiger partial charge is 0.444 e. The average Bonchev–Trinajstić information content (AvgIpc) is 3.16. The number of amides is 1. The van der Waals surface area contributed by atoms with E-state index in [4.69, 9.17) is 4.74 Å². The van der Waals surface area contributed by atoms with E-state index in [1.165, 1.54) is 22.8 Å². The minimum atomic E-state index is -0.484. The van der Waals surface area contributed by atoms with Crippen LogP contribution in [-0.4, -0.2) is 73.3 Å². The SMILES string of the molecule is CN=C(NCc1ccc(N2CCSCC2)cc1)N1CCC(NC(=O)OC(C)(C)C)C1. The van der Waals surface area contributed by atoms with E-state index in [2.05, 4.69) is 49.7 Å². The van der Waals surface area contributed by atoms with Crippen molar-refractivity contribution >= 4 is 29.5 Å². The van der Waals surface area contributed by atoms with Crippen molar-refractivity contribution in [3.63, 3.8) is 0 Å². The Hall–Kier alpha value is -2.09. The maximum absolute atomic E-state index is 12.0. The number of ether oxygens (including phenoxy) is 1. The molecule has 0 spiro atoms. The summed E-state index contributed by atoms with van der Waals surface area (Å²) in [5, 5.41) is 6.42. The first-order valence-electron chi connectivity index (χ1n) is 10.7. The molecular formula is C22H35N5O2S. The summed E-state index contributed by atoms with van der Waals surface area (Å²) in [5.74, 6) is 3.28. The molecule has 2 aliphatic heterocycles. The molecule has 8 heteroatoms. The number of aliphatic imine (C=N–C) groups is 1. The lowest BCUT2D eigenvalue weighted by Crippen LogP contribution is -2.44. The van der Waals surface area contributed by atoms with Crippen LogP contribution in [0.3, 0.4) is 0 Å². The first kappa shape index (κ1) is 22.6. The summed E-state index contributed by atoms with van der Waals surface area (Å²) in [4.78, 5) is 21.1. The van der Waals surface area contributed by atoms with Crippen LogP contribution in [0.4, 0.5) is 10.5 Å². The molecule has 166 valence electrons. The van der Waals surface area contributed by atoms with Crippen molar-refractivity contribution in [3.8, 4) is 0 Å². The van der Waals surface area contributed by atoms with Crippen LogP contribution < -0.4 is 15.5 Å². The second-order valence-corrected chi connectivity index (χ2v) is 9.97. The molecule has 0 radical (unpaired) electrons. The third-order valence-electron chi connectivity index (χ3n) is 5.18. The number of carbonyl (C=O) groups excluding carboxylic acids is 1. The standard InChI is InChI=1S/C22H35N5O2S/c1-22(2,3)29-21(28)25-18-9-10-27(16-18)20(23-4)24-15-17-5-7-19(8-6-17)26-11-13-30-14-12-26/h5-8,18H,9-16H2,1-4H3,(H,23,24)(H,25,28). The van der Waals surface area contributed by atoms with Gasteiger partial charge in [-0.3, -0.25) is 4.99 Å². The van der Waals surface area contributed by atoms with Crippen LogP contribution in [0.5, 0.6) is 0 Å². The number of carbonyl (C=O) groups is 1. The molecule has 1 aromatic rings. The number of hydrogen-bond acceptors (Lipinski definition) is 5. The van der Waals surface area contributed by atoms with Crippen LogP contribution in [0.25, 0.3) is 0 Å². The molecule has 0 bridgehead atoms. The third kappa shape index (κ3) is 6.72. The number of nitrogens with one attached hydrogen (secondary N) is 2. The second kappa shape index (κ2) is 10.3. The Labute approximate surface area is 184 Å². The predicted octanol–water partition coefficient (Wildman–Crippen LogP) is 2.91. The highest BCUT2D eigenvalue weighted by Crippen LogP contribution is 2.20. The number of rotatable bonds is 4. The fourth-order valence-corrected chi connectivity index (χ4v) is 4.61. The molecular weight excluding hydrogens is 398 g/mol. The zero-order valence-corrected chi connectivity index (χ0v) is 19.4. The fraction of sp³-hybridized carbons (Fsp3) is 0.636. The van der Waals surface area contributed by atoms with Gasteiger partial charge in [0.2, 0.25) is 0 Å². The Balaban J connectivity index is 1.46. The van der Waals surface area contributed by atoms with Crippen LogP contribution in [-0.2, 0) is 11.3 Å². The first-order chi connectivity index (χ1) is 14.3. The summed E-state index contributed by atoms with van der Waals surface area (Å²) in [6, 6.07) is 8.88. The molecule has 7 nitrogen and oxygen atoms in total.